The molecule has 1 atom stereocenters. The van der Waals surface area contributed by atoms with Crippen LogP contribution in [0.2, 0.25) is 0 Å². The highest BCUT2D eigenvalue weighted by atomic mass is 127. The van der Waals surface area contributed by atoms with E-state index in [-0.39, 0.29) is 43.0 Å². The molecule has 16 heteroatoms. The van der Waals surface area contributed by atoms with E-state index in [0.29, 0.717) is 37.2 Å². The summed E-state index contributed by atoms with van der Waals surface area (Å²) in [6, 6.07) is 4.29. The molecule has 1 fully saturated rings. The fourth-order valence-electron chi connectivity index (χ4n) is 4.74. The smallest absolute Gasteiger partial charge is 0.382 e. The predicted octanol–water partition coefficient (Wildman–Crippen LogP) is 4.76. The molecule has 1 amide bonds. The van der Waals surface area contributed by atoms with E-state index in [9.17, 15) is 26.4 Å². The van der Waals surface area contributed by atoms with Gasteiger partial charge in [-0.15, -0.1) is 11.3 Å². The lowest BCUT2D eigenvalue weighted by atomic mass is 9.97. The van der Waals surface area contributed by atoms with Gasteiger partial charge in [-0.05, 0) is 60.6 Å². The fraction of sp³-hybridized carbons (Fsp3) is 0.480. The largest absolute Gasteiger partial charge is 0.435 e. The van der Waals surface area contributed by atoms with Crippen LogP contribution in [0.25, 0.3) is 0 Å². The van der Waals surface area contributed by atoms with E-state index in [2.05, 4.69) is 27.7 Å². The molecule has 0 bridgehead atoms. The molecular formula is C25H26F3IN4O6S2. The third-order valence-corrected chi connectivity index (χ3v) is 9.38. The molecule has 5 rings (SSSR count). The molecule has 1 aromatic carbocycles. The van der Waals surface area contributed by atoms with Gasteiger partial charge in [0.25, 0.3) is 0 Å². The van der Waals surface area contributed by atoms with Crippen LogP contribution in [0, 0.1) is 10.5 Å². The number of benzene rings is 1. The summed E-state index contributed by atoms with van der Waals surface area (Å²) in [5.74, 6) is 0.0348. The minimum absolute atomic E-state index is 0.0786. The van der Waals surface area contributed by atoms with Crippen molar-refractivity contribution in [3.63, 3.8) is 0 Å². The molecule has 0 radical (unpaired) electrons. The van der Waals surface area contributed by atoms with Crippen molar-refractivity contribution in [1.82, 2.24) is 19.7 Å². The molecule has 2 aromatic heterocycles. The second kappa shape index (κ2) is 11.8. The first-order chi connectivity index (χ1) is 19.3. The number of alkyl halides is 3. The van der Waals surface area contributed by atoms with Crippen LogP contribution in [-0.4, -0.2) is 53.3 Å². The first-order valence-corrected chi connectivity index (χ1v) is 16.3. The first-order valence-electron chi connectivity index (χ1n) is 12.6. The van der Waals surface area contributed by atoms with Crippen LogP contribution in [0.5, 0.6) is 5.75 Å². The maximum Gasteiger partial charge on any atom is 0.435 e. The summed E-state index contributed by atoms with van der Waals surface area (Å²) >= 11 is 3.63. The zero-order chi connectivity index (χ0) is 29.5. The average molecular weight is 727 g/mol. The Kier molecular flexibility index (Phi) is 8.67. The van der Waals surface area contributed by atoms with Crippen molar-refractivity contribution in [3.8, 4) is 5.75 Å². The normalized spacial score (nSPS) is 18.7. The van der Waals surface area contributed by atoms with Crippen molar-refractivity contribution in [3.05, 3.63) is 60.4 Å². The number of ether oxygens (including phenoxy) is 2. The number of nitrogens with zero attached hydrogens (tertiary/aromatic N) is 4. The number of rotatable bonds is 6. The molecule has 3 aromatic rings. The van der Waals surface area contributed by atoms with Gasteiger partial charge in [0.15, 0.2) is 5.69 Å². The number of likely N-dealkylation sites (tertiary alicyclic amines) is 1. The monoisotopic (exact) mass is 726 g/mol. The summed E-state index contributed by atoms with van der Waals surface area (Å²) in [5, 5.41) is 6.30. The van der Waals surface area contributed by atoms with Crippen molar-refractivity contribution >= 4 is 50.0 Å². The number of fused-ring (bicyclic) bond motifs is 1. The maximum absolute atomic E-state index is 12.9. The van der Waals surface area contributed by atoms with Gasteiger partial charge in [-0.25, -0.2) is 4.98 Å². The molecular weight excluding hydrogens is 700 g/mol. The highest BCUT2D eigenvalue weighted by Gasteiger charge is 2.35. The summed E-state index contributed by atoms with van der Waals surface area (Å²) in [6.07, 6.45) is -3.01. The third-order valence-electron chi connectivity index (χ3n) is 6.87. The second-order valence-corrected chi connectivity index (χ2v) is 13.5. The van der Waals surface area contributed by atoms with Gasteiger partial charge in [-0.3, -0.25) is 9.48 Å². The van der Waals surface area contributed by atoms with Gasteiger partial charge in [0.05, 0.1) is 24.5 Å². The zero-order valence-corrected chi connectivity index (χ0v) is 25.8. The minimum Gasteiger partial charge on any atom is -0.382 e. The Bertz CT molecular complexity index is 1550. The number of halogens is 4. The Balaban J connectivity index is 1.19. The number of aryl methyl sites for hydroxylation is 1. The lowest BCUT2D eigenvalue weighted by molar-refractivity contribution is -0.155. The summed E-state index contributed by atoms with van der Waals surface area (Å²) in [6.45, 7) is 2.42. The molecule has 10 nitrogen and oxygen atoms in total. The molecule has 222 valence electrons. The van der Waals surface area contributed by atoms with Crippen LogP contribution >= 0.6 is 33.9 Å². The van der Waals surface area contributed by atoms with Crippen molar-refractivity contribution in [1.29, 1.82) is 0 Å². The highest BCUT2D eigenvalue weighted by Crippen LogP contribution is 2.37. The molecule has 1 saturated heterocycles. The van der Waals surface area contributed by atoms with Crippen LogP contribution in [0.3, 0.4) is 0 Å². The third kappa shape index (κ3) is 7.03. The number of piperidine rings is 1. The van der Waals surface area contributed by atoms with Crippen LogP contribution in [0.1, 0.15) is 58.3 Å². The van der Waals surface area contributed by atoms with Gasteiger partial charge in [0.2, 0.25) is 12.2 Å². The van der Waals surface area contributed by atoms with E-state index in [1.54, 1.807) is 17.0 Å². The number of hydrogen-bond donors (Lipinski definition) is 0. The SMILES string of the molecule is Cc1cc(C(F)(F)F)nn1CC(=O)N1CCC(c2nc(C3OCc4c(I)ccc(OS(C)(=O)=O)c4CO3)cs2)CC1. The molecule has 0 N–H and O–H groups in total. The Morgan fingerprint density at radius 3 is 2.51 bits per heavy atom. The Hall–Kier alpha value is -2.28. The molecule has 0 saturated carbocycles. The lowest BCUT2D eigenvalue weighted by Crippen LogP contribution is -2.40. The number of aromatic nitrogens is 3. The minimum atomic E-state index is -4.56. The Labute approximate surface area is 252 Å². The van der Waals surface area contributed by atoms with Crippen LogP contribution in [0.15, 0.2) is 23.6 Å². The van der Waals surface area contributed by atoms with Crippen LogP contribution < -0.4 is 4.18 Å². The summed E-state index contributed by atoms with van der Waals surface area (Å²) < 4.78 is 81.4. The van der Waals surface area contributed by atoms with Crippen molar-refractivity contribution < 1.29 is 40.0 Å². The fourth-order valence-corrected chi connectivity index (χ4v) is 6.88. The van der Waals surface area contributed by atoms with Crippen molar-refractivity contribution in [2.24, 2.45) is 0 Å². The van der Waals surface area contributed by atoms with E-state index in [1.807, 2.05) is 5.38 Å². The lowest BCUT2D eigenvalue weighted by Gasteiger charge is -2.31. The van der Waals surface area contributed by atoms with E-state index in [0.717, 1.165) is 31.1 Å². The first kappa shape index (κ1) is 30.2. The highest BCUT2D eigenvalue weighted by molar-refractivity contribution is 14.1. The predicted molar refractivity (Wildman–Crippen MR) is 150 cm³/mol. The molecule has 2 aliphatic rings. The second-order valence-electron chi connectivity index (χ2n) is 9.84. The van der Waals surface area contributed by atoms with E-state index in [4.69, 9.17) is 18.6 Å². The number of amides is 1. The van der Waals surface area contributed by atoms with Crippen molar-refractivity contribution in [2.45, 2.75) is 57.9 Å². The molecule has 2 aliphatic heterocycles. The summed E-state index contributed by atoms with van der Waals surface area (Å²) in [7, 11) is -3.72. The van der Waals surface area contributed by atoms with Crippen LogP contribution in [0.4, 0.5) is 13.2 Å². The van der Waals surface area contributed by atoms with Crippen molar-refractivity contribution in [2.75, 3.05) is 19.3 Å². The molecule has 0 aliphatic carbocycles. The molecule has 0 spiro atoms. The van der Waals surface area contributed by atoms with Crippen LogP contribution in [-0.2, 0) is 50.3 Å². The van der Waals surface area contributed by atoms with Gasteiger partial charge >= 0.3 is 16.3 Å². The van der Waals surface area contributed by atoms with Gasteiger partial charge in [-0.1, -0.05) is 0 Å². The quantitative estimate of drug-likeness (QED) is 0.264. The summed E-state index contributed by atoms with van der Waals surface area (Å²) in [5.41, 5.74) is 1.27. The molecule has 1 unspecified atom stereocenters. The topological polar surface area (TPSA) is 113 Å². The maximum atomic E-state index is 12.9. The van der Waals surface area contributed by atoms with Gasteiger partial charge < -0.3 is 18.6 Å². The number of thiazole rings is 1. The van der Waals surface area contributed by atoms with Gasteiger partial charge in [-0.2, -0.15) is 26.7 Å². The van der Waals surface area contributed by atoms with Gasteiger partial charge in [0.1, 0.15) is 18.0 Å². The van der Waals surface area contributed by atoms with E-state index >= 15 is 0 Å². The van der Waals surface area contributed by atoms with Gasteiger partial charge in [0, 0.05) is 44.8 Å². The Morgan fingerprint density at radius 2 is 1.88 bits per heavy atom. The zero-order valence-electron chi connectivity index (χ0n) is 22.0. The standard InChI is InChI=1S/C25H26F3IN4O6S2/c1-14-9-21(25(26,27)28)31-33(14)10-22(34)32-7-5-15(6-8-32)23-30-19(13-40-23)24-37-11-16-17(12-38-24)20(4-3-18(16)29)39-41(2,35)36/h3-4,9,13,15,24H,5-8,10-12H2,1-2H3. The number of hydrogen-bond acceptors (Lipinski definition) is 9. The number of carbonyl (C=O) groups is 1. The van der Waals surface area contributed by atoms with E-state index in [1.165, 1.54) is 18.3 Å². The molecule has 4 heterocycles. The van der Waals surface area contributed by atoms with E-state index < -0.39 is 28.3 Å². The molecule has 41 heavy (non-hydrogen) atoms. The average Bonchev–Trinajstić information content (AvgIpc) is 3.46. The Morgan fingerprint density at radius 1 is 1.20 bits per heavy atom. The summed E-state index contributed by atoms with van der Waals surface area (Å²) in [4.78, 5) is 19.2. The number of carbonyl (C=O) groups excluding carboxylic acids is 1.